The SMILES string of the molecule is CCOC(=O)C(c1ccccc1)C1CCN(C)CC1. The van der Waals surface area contributed by atoms with Crippen LogP contribution in [0.15, 0.2) is 30.3 Å². The van der Waals surface area contributed by atoms with Gasteiger partial charge in [0.1, 0.15) is 0 Å². The lowest BCUT2D eigenvalue weighted by Gasteiger charge is -2.33. The number of piperidine rings is 1. The summed E-state index contributed by atoms with van der Waals surface area (Å²) in [4.78, 5) is 14.6. The van der Waals surface area contributed by atoms with Crippen LogP contribution < -0.4 is 0 Å². The Balaban J connectivity index is 2.17. The molecule has 3 heteroatoms. The smallest absolute Gasteiger partial charge is 0.313 e. The highest BCUT2D eigenvalue weighted by Gasteiger charge is 2.32. The van der Waals surface area contributed by atoms with Crippen LogP contribution in [0.4, 0.5) is 0 Å². The Kier molecular flexibility index (Phi) is 4.97. The second kappa shape index (κ2) is 6.71. The van der Waals surface area contributed by atoms with Crippen molar-refractivity contribution in [1.29, 1.82) is 0 Å². The van der Waals surface area contributed by atoms with Crippen LogP contribution in [0.5, 0.6) is 0 Å². The fourth-order valence-corrected chi connectivity index (χ4v) is 2.86. The molecule has 3 nitrogen and oxygen atoms in total. The minimum absolute atomic E-state index is 0.0664. The molecule has 1 unspecified atom stereocenters. The third-order valence-electron chi connectivity index (χ3n) is 3.93. The molecule has 1 heterocycles. The molecule has 0 aromatic heterocycles. The van der Waals surface area contributed by atoms with Crippen molar-refractivity contribution in [2.45, 2.75) is 25.7 Å². The van der Waals surface area contributed by atoms with Gasteiger partial charge in [-0.05, 0) is 51.4 Å². The lowest BCUT2D eigenvalue weighted by molar-refractivity contribution is -0.146. The van der Waals surface area contributed by atoms with E-state index in [1.807, 2.05) is 37.3 Å². The third kappa shape index (κ3) is 3.57. The second-order valence-corrected chi connectivity index (χ2v) is 5.28. The molecule has 1 atom stereocenters. The zero-order chi connectivity index (χ0) is 13.7. The maximum atomic E-state index is 12.3. The number of benzene rings is 1. The maximum absolute atomic E-state index is 12.3. The molecule has 1 aromatic rings. The van der Waals surface area contributed by atoms with Gasteiger partial charge in [-0.3, -0.25) is 4.79 Å². The summed E-state index contributed by atoms with van der Waals surface area (Å²) in [5.74, 6) is 0.232. The highest BCUT2D eigenvalue weighted by atomic mass is 16.5. The standard InChI is InChI=1S/C16H23NO2/c1-3-19-16(18)15(13-7-5-4-6-8-13)14-9-11-17(2)12-10-14/h4-8,14-15H,3,9-12H2,1-2H3. The summed E-state index contributed by atoms with van der Waals surface area (Å²) in [7, 11) is 2.14. The monoisotopic (exact) mass is 261 g/mol. The number of carbonyl (C=O) groups excluding carboxylic acids is 1. The van der Waals surface area contributed by atoms with Crippen LogP contribution in [0.3, 0.4) is 0 Å². The van der Waals surface area contributed by atoms with E-state index in [-0.39, 0.29) is 11.9 Å². The first-order valence-corrected chi connectivity index (χ1v) is 7.12. The highest BCUT2D eigenvalue weighted by Crippen LogP contribution is 2.33. The van der Waals surface area contributed by atoms with Crippen molar-refractivity contribution >= 4 is 5.97 Å². The van der Waals surface area contributed by atoms with E-state index in [0.29, 0.717) is 12.5 Å². The van der Waals surface area contributed by atoms with Crippen molar-refractivity contribution in [2.24, 2.45) is 5.92 Å². The molecule has 0 N–H and O–H groups in total. The minimum Gasteiger partial charge on any atom is -0.466 e. The van der Waals surface area contributed by atoms with Gasteiger partial charge in [0, 0.05) is 0 Å². The third-order valence-corrected chi connectivity index (χ3v) is 3.93. The number of carbonyl (C=O) groups is 1. The Morgan fingerprint density at radius 2 is 1.95 bits per heavy atom. The van der Waals surface area contributed by atoms with Gasteiger partial charge < -0.3 is 9.64 Å². The molecule has 0 saturated carbocycles. The van der Waals surface area contributed by atoms with E-state index in [4.69, 9.17) is 4.74 Å². The minimum atomic E-state index is -0.102. The van der Waals surface area contributed by atoms with Gasteiger partial charge in [0.25, 0.3) is 0 Å². The number of hydrogen-bond acceptors (Lipinski definition) is 3. The number of likely N-dealkylation sites (tertiary alicyclic amines) is 1. The fourth-order valence-electron chi connectivity index (χ4n) is 2.86. The molecule has 2 rings (SSSR count). The average molecular weight is 261 g/mol. The number of hydrogen-bond donors (Lipinski definition) is 0. The number of esters is 1. The summed E-state index contributed by atoms with van der Waals surface area (Å²) in [5.41, 5.74) is 1.09. The van der Waals surface area contributed by atoms with Crippen molar-refractivity contribution < 1.29 is 9.53 Å². The lowest BCUT2D eigenvalue weighted by Crippen LogP contribution is -2.35. The molecule has 0 bridgehead atoms. The zero-order valence-corrected chi connectivity index (χ0v) is 11.8. The Labute approximate surface area is 115 Å². The molecule has 104 valence electrons. The summed E-state index contributed by atoms with van der Waals surface area (Å²) >= 11 is 0. The van der Waals surface area contributed by atoms with Gasteiger partial charge in [-0.2, -0.15) is 0 Å². The fraction of sp³-hybridized carbons (Fsp3) is 0.562. The molecule has 0 radical (unpaired) electrons. The molecule has 1 aromatic carbocycles. The Morgan fingerprint density at radius 3 is 2.53 bits per heavy atom. The van der Waals surface area contributed by atoms with Crippen LogP contribution in [-0.2, 0) is 9.53 Å². The molecule has 19 heavy (non-hydrogen) atoms. The first kappa shape index (κ1) is 14.1. The van der Waals surface area contributed by atoms with E-state index < -0.39 is 0 Å². The van der Waals surface area contributed by atoms with E-state index in [1.54, 1.807) is 0 Å². The van der Waals surface area contributed by atoms with Crippen molar-refractivity contribution in [3.05, 3.63) is 35.9 Å². The first-order chi connectivity index (χ1) is 9.22. The van der Waals surface area contributed by atoms with Crippen LogP contribution in [0, 0.1) is 5.92 Å². The molecule has 1 saturated heterocycles. The molecule has 1 fully saturated rings. The number of ether oxygens (including phenoxy) is 1. The van der Waals surface area contributed by atoms with Crippen molar-refractivity contribution in [3.63, 3.8) is 0 Å². The lowest BCUT2D eigenvalue weighted by atomic mass is 9.80. The van der Waals surface area contributed by atoms with E-state index in [1.165, 1.54) is 0 Å². The number of rotatable bonds is 4. The van der Waals surface area contributed by atoms with E-state index >= 15 is 0 Å². The summed E-state index contributed by atoms with van der Waals surface area (Å²) in [6, 6.07) is 10.1. The average Bonchev–Trinajstić information content (AvgIpc) is 2.43. The normalized spacial score (nSPS) is 19.1. The predicted molar refractivity (Wildman–Crippen MR) is 76.0 cm³/mol. The van der Waals surface area contributed by atoms with Gasteiger partial charge in [0.15, 0.2) is 0 Å². The quantitative estimate of drug-likeness (QED) is 0.780. The molecule has 0 amide bonds. The van der Waals surface area contributed by atoms with Crippen LogP contribution >= 0.6 is 0 Å². The molecular weight excluding hydrogens is 238 g/mol. The number of nitrogens with zero attached hydrogens (tertiary/aromatic N) is 1. The van der Waals surface area contributed by atoms with Crippen LogP contribution in [0.1, 0.15) is 31.2 Å². The summed E-state index contributed by atoms with van der Waals surface area (Å²) in [6.07, 6.45) is 2.13. The largest absolute Gasteiger partial charge is 0.466 e. The summed E-state index contributed by atoms with van der Waals surface area (Å²) in [5, 5.41) is 0. The molecule has 0 aliphatic carbocycles. The van der Waals surface area contributed by atoms with Gasteiger partial charge >= 0.3 is 5.97 Å². The van der Waals surface area contributed by atoms with Gasteiger partial charge in [-0.15, -0.1) is 0 Å². The Morgan fingerprint density at radius 1 is 1.32 bits per heavy atom. The summed E-state index contributed by atoms with van der Waals surface area (Å²) in [6.45, 7) is 4.45. The van der Waals surface area contributed by atoms with E-state index in [0.717, 1.165) is 31.5 Å². The Bertz CT molecular complexity index is 396. The van der Waals surface area contributed by atoms with Crippen molar-refractivity contribution in [1.82, 2.24) is 4.90 Å². The molecule has 0 spiro atoms. The van der Waals surface area contributed by atoms with Crippen LogP contribution in [0.2, 0.25) is 0 Å². The van der Waals surface area contributed by atoms with Crippen molar-refractivity contribution in [3.8, 4) is 0 Å². The summed E-state index contributed by atoms with van der Waals surface area (Å²) < 4.78 is 5.29. The molecular formula is C16H23NO2. The van der Waals surface area contributed by atoms with Crippen molar-refractivity contribution in [2.75, 3.05) is 26.7 Å². The first-order valence-electron chi connectivity index (χ1n) is 7.12. The van der Waals surface area contributed by atoms with E-state index in [9.17, 15) is 4.79 Å². The highest BCUT2D eigenvalue weighted by molar-refractivity contribution is 5.78. The van der Waals surface area contributed by atoms with Crippen LogP contribution in [-0.4, -0.2) is 37.6 Å². The molecule has 1 aliphatic rings. The molecule has 1 aliphatic heterocycles. The predicted octanol–water partition coefficient (Wildman–Crippen LogP) is 2.68. The maximum Gasteiger partial charge on any atom is 0.313 e. The topological polar surface area (TPSA) is 29.5 Å². The van der Waals surface area contributed by atoms with Crippen LogP contribution in [0.25, 0.3) is 0 Å². The van der Waals surface area contributed by atoms with E-state index in [2.05, 4.69) is 11.9 Å². The Hall–Kier alpha value is -1.35. The van der Waals surface area contributed by atoms with Gasteiger partial charge in [0.05, 0.1) is 12.5 Å². The van der Waals surface area contributed by atoms with Gasteiger partial charge in [0.2, 0.25) is 0 Å². The zero-order valence-electron chi connectivity index (χ0n) is 11.8. The second-order valence-electron chi connectivity index (χ2n) is 5.28. The van der Waals surface area contributed by atoms with Gasteiger partial charge in [-0.1, -0.05) is 30.3 Å². The van der Waals surface area contributed by atoms with Gasteiger partial charge in [-0.25, -0.2) is 0 Å².